The highest BCUT2D eigenvalue weighted by Crippen LogP contribution is 2.37. The third-order valence-corrected chi connectivity index (χ3v) is 8.55. The van der Waals surface area contributed by atoms with Crippen LogP contribution in [-0.4, -0.2) is 53.1 Å². The van der Waals surface area contributed by atoms with Crippen LogP contribution in [0.25, 0.3) is 0 Å². The summed E-state index contributed by atoms with van der Waals surface area (Å²) in [6, 6.07) is 9.78. The number of phenolic OH excluding ortho intramolecular Hbond substituents is 2. The Labute approximate surface area is 219 Å². The molecule has 1 unspecified atom stereocenters. The Hall–Kier alpha value is -1.11. The summed E-state index contributed by atoms with van der Waals surface area (Å²) in [6.45, 7) is 6.51. The SMILES string of the molecule is CCCN(CCCCCCNCCSc1c(Cl)cccc1Cl)C1CCc2c(ccc(O)c2O)C1. The molecule has 3 N–H and O–H groups in total. The van der Waals surface area contributed by atoms with E-state index in [1.165, 1.54) is 31.2 Å². The van der Waals surface area contributed by atoms with Crippen LogP contribution < -0.4 is 5.32 Å². The fourth-order valence-corrected chi connectivity index (χ4v) is 6.35. The maximum atomic E-state index is 10.2. The van der Waals surface area contributed by atoms with Gasteiger partial charge in [0.1, 0.15) is 0 Å². The number of fused-ring (bicyclic) bond motifs is 1. The number of rotatable bonds is 14. The van der Waals surface area contributed by atoms with E-state index in [1.807, 2.05) is 24.3 Å². The van der Waals surface area contributed by atoms with E-state index in [1.54, 1.807) is 17.8 Å². The molecule has 2 aromatic rings. The second kappa shape index (κ2) is 14.4. The maximum absolute atomic E-state index is 10.2. The Morgan fingerprint density at radius 3 is 2.53 bits per heavy atom. The Morgan fingerprint density at radius 1 is 1.00 bits per heavy atom. The maximum Gasteiger partial charge on any atom is 0.160 e. The van der Waals surface area contributed by atoms with Crippen molar-refractivity contribution in [3.8, 4) is 11.5 Å². The van der Waals surface area contributed by atoms with Crippen molar-refractivity contribution in [2.75, 3.05) is 31.9 Å². The molecule has 7 heteroatoms. The van der Waals surface area contributed by atoms with Gasteiger partial charge in [0.15, 0.2) is 11.5 Å². The molecule has 34 heavy (non-hydrogen) atoms. The van der Waals surface area contributed by atoms with Crippen LogP contribution in [0, 0.1) is 0 Å². The molecule has 1 aliphatic carbocycles. The molecule has 0 aromatic heterocycles. The van der Waals surface area contributed by atoms with E-state index < -0.39 is 0 Å². The molecule has 0 aliphatic heterocycles. The summed E-state index contributed by atoms with van der Waals surface area (Å²) in [5.41, 5.74) is 2.13. The summed E-state index contributed by atoms with van der Waals surface area (Å²) in [6.07, 6.45) is 8.94. The van der Waals surface area contributed by atoms with E-state index in [0.717, 1.165) is 78.1 Å². The van der Waals surface area contributed by atoms with Crippen LogP contribution in [0.4, 0.5) is 0 Å². The second-order valence-corrected chi connectivity index (χ2v) is 11.0. The number of nitrogens with one attached hydrogen (secondary N) is 1. The number of hydrogen-bond acceptors (Lipinski definition) is 5. The van der Waals surface area contributed by atoms with Gasteiger partial charge in [-0.05, 0) is 81.9 Å². The molecule has 1 aliphatic rings. The van der Waals surface area contributed by atoms with E-state index in [0.29, 0.717) is 6.04 Å². The van der Waals surface area contributed by atoms with E-state index in [9.17, 15) is 10.2 Å². The monoisotopic (exact) mass is 524 g/mol. The molecule has 2 aromatic carbocycles. The quantitative estimate of drug-likeness (QED) is 0.142. The molecule has 0 saturated heterocycles. The molecule has 0 spiro atoms. The van der Waals surface area contributed by atoms with Crippen molar-refractivity contribution in [3.05, 3.63) is 51.5 Å². The van der Waals surface area contributed by atoms with E-state index in [2.05, 4.69) is 17.1 Å². The van der Waals surface area contributed by atoms with Crippen LogP contribution in [0.2, 0.25) is 10.0 Å². The van der Waals surface area contributed by atoms with Crippen molar-refractivity contribution in [1.29, 1.82) is 0 Å². The highest BCUT2D eigenvalue weighted by atomic mass is 35.5. The molecular weight excluding hydrogens is 487 g/mol. The van der Waals surface area contributed by atoms with Crippen molar-refractivity contribution < 1.29 is 10.2 Å². The fourth-order valence-electron chi connectivity index (χ4n) is 4.77. The second-order valence-electron chi connectivity index (χ2n) is 9.07. The molecule has 0 amide bonds. The third-order valence-electron chi connectivity index (χ3n) is 6.56. The Balaban J connectivity index is 1.28. The molecule has 188 valence electrons. The average Bonchev–Trinajstić information content (AvgIpc) is 2.83. The van der Waals surface area contributed by atoms with Crippen LogP contribution in [0.5, 0.6) is 11.5 Å². The standard InChI is InChI=1S/C27H38Cl2N2O2S/c1-2-16-31(21-11-12-22-20(19-21)10-13-25(32)26(22)33)17-6-4-3-5-14-30-15-18-34-27-23(28)8-7-9-24(27)29/h7-10,13,21,30,32-33H,2-6,11-12,14-19H2,1H3. The minimum absolute atomic E-state index is 0.000785. The number of nitrogens with zero attached hydrogens (tertiary/aromatic N) is 1. The zero-order chi connectivity index (χ0) is 24.3. The van der Waals surface area contributed by atoms with Crippen LogP contribution in [0.3, 0.4) is 0 Å². The van der Waals surface area contributed by atoms with Crippen molar-refractivity contribution in [1.82, 2.24) is 10.2 Å². The fraction of sp³-hybridized carbons (Fsp3) is 0.556. The minimum Gasteiger partial charge on any atom is -0.504 e. The van der Waals surface area contributed by atoms with Gasteiger partial charge in [-0.3, -0.25) is 0 Å². The van der Waals surface area contributed by atoms with Gasteiger partial charge in [-0.1, -0.05) is 55.1 Å². The minimum atomic E-state index is 0.000785. The number of hydrogen-bond donors (Lipinski definition) is 3. The van der Waals surface area contributed by atoms with Crippen molar-refractivity contribution in [2.45, 2.75) is 69.2 Å². The Morgan fingerprint density at radius 2 is 1.76 bits per heavy atom. The zero-order valence-electron chi connectivity index (χ0n) is 20.2. The highest BCUT2D eigenvalue weighted by molar-refractivity contribution is 7.99. The van der Waals surface area contributed by atoms with Gasteiger partial charge in [0, 0.05) is 28.8 Å². The lowest BCUT2D eigenvalue weighted by Crippen LogP contribution is -2.40. The summed E-state index contributed by atoms with van der Waals surface area (Å²) in [4.78, 5) is 3.61. The Kier molecular flexibility index (Phi) is 11.7. The van der Waals surface area contributed by atoms with Gasteiger partial charge >= 0.3 is 0 Å². The molecule has 0 saturated carbocycles. The highest BCUT2D eigenvalue weighted by Gasteiger charge is 2.26. The summed E-state index contributed by atoms with van der Waals surface area (Å²) in [5, 5.41) is 24.9. The average molecular weight is 526 g/mol. The lowest BCUT2D eigenvalue weighted by Gasteiger charge is -2.35. The van der Waals surface area contributed by atoms with Gasteiger partial charge in [0.05, 0.1) is 10.0 Å². The first-order chi connectivity index (χ1) is 16.5. The van der Waals surface area contributed by atoms with E-state index in [-0.39, 0.29) is 11.5 Å². The topological polar surface area (TPSA) is 55.7 Å². The largest absolute Gasteiger partial charge is 0.504 e. The van der Waals surface area contributed by atoms with Crippen molar-refractivity contribution >= 4 is 35.0 Å². The number of benzene rings is 2. The molecule has 0 heterocycles. The van der Waals surface area contributed by atoms with Crippen LogP contribution in [0.1, 0.15) is 56.6 Å². The van der Waals surface area contributed by atoms with Gasteiger partial charge in [-0.25, -0.2) is 0 Å². The number of unbranched alkanes of at least 4 members (excludes halogenated alkanes) is 3. The zero-order valence-corrected chi connectivity index (χ0v) is 22.5. The van der Waals surface area contributed by atoms with Crippen molar-refractivity contribution in [2.24, 2.45) is 0 Å². The summed E-state index contributed by atoms with van der Waals surface area (Å²) in [5.74, 6) is 1.04. The van der Waals surface area contributed by atoms with Crippen LogP contribution in [0.15, 0.2) is 35.2 Å². The van der Waals surface area contributed by atoms with Gasteiger partial charge < -0.3 is 20.4 Å². The molecule has 3 rings (SSSR count). The predicted octanol–water partition coefficient (Wildman–Crippen LogP) is 6.92. The molecule has 1 atom stereocenters. The van der Waals surface area contributed by atoms with Crippen LogP contribution >= 0.6 is 35.0 Å². The number of aromatic hydroxyl groups is 2. The van der Waals surface area contributed by atoms with Crippen LogP contribution in [-0.2, 0) is 12.8 Å². The normalized spacial score (nSPS) is 15.6. The summed E-state index contributed by atoms with van der Waals surface area (Å²) >= 11 is 14.1. The molecule has 0 radical (unpaired) electrons. The molecule has 0 fully saturated rings. The van der Waals surface area contributed by atoms with E-state index >= 15 is 0 Å². The first kappa shape index (κ1) is 27.5. The lowest BCUT2D eigenvalue weighted by molar-refractivity contribution is 0.175. The first-order valence-corrected chi connectivity index (χ1v) is 14.3. The number of thioether (sulfide) groups is 1. The number of halogens is 2. The van der Waals surface area contributed by atoms with Crippen molar-refractivity contribution in [3.63, 3.8) is 0 Å². The Bertz CT molecular complexity index is 892. The van der Waals surface area contributed by atoms with Gasteiger partial charge in [-0.2, -0.15) is 0 Å². The molecule has 0 bridgehead atoms. The van der Waals surface area contributed by atoms with E-state index in [4.69, 9.17) is 23.2 Å². The third kappa shape index (κ3) is 7.96. The number of phenols is 2. The molecular formula is C27H38Cl2N2O2S. The lowest BCUT2D eigenvalue weighted by atomic mass is 9.86. The first-order valence-electron chi connectivity index (χ1n) is 12.6. The van der Waals surface area contributed by atoms with Gasteiger partial charge in [0.2, 0.25) is 0 Å². The summed E-state index contributed by atoms with van der Waals surface area (Å²) in [7, 11) is 0. The predicted molar refractivity (Wildman–Crippen MR) is 146 cm³/mol. The summed E-state index contributed by atoms with van der Waals surface area (Å²) < 4.78 is 0. The molecule has 4 nitrogen and oxygen atoms in total. The van der Waals surface area contributed by atoms with Gasteiger partial charge in [-0.15, -0.1) is 11.8 Å². The smallest absolute Gasteiger partial charge is 0.160 e. The van der Waals surface area contributed by atoms with Gasteiger partial charge in [0.25, 0.3) is 0 Å².